The highest BCUT2D eigenvalue weighted by atomic mass is 35.5. The van der Waals surface area contributed by atoms with Gasteiger partial charge in [0.15, 0.2) is 0 Å². The van der Waals surface area contributed by atoms with Gasteiger partial charge in [-0.3, -0.25) is 0 Å². The molecule has 2 N–H and O–H groups in total. The van der Waals surface area contributed by atoms with Gasteiger partial charge in [0.1, 0.15) is 11.6 Å². The van der Waals surface area contributed by atoms with E-state index in [2.05, 4.69) is 20.5 Å². The molecule has 0 fully saturated rings. The summed E-state index contributed by atoms with van der Waals surface area (Å²) in [6.07, 6.45) is 0. The Morgan fingerprint density at radius 3 is 2.31 bits per heavy atom. The topological polar surface area (TPSA) is 57.3 Å². The van der Waals surface area contributed by atoms with Crippen LogP contribution in [0.4, 0.5) is 30.6 Å². The number of amides is 2. The van der Waals surface area contributed by atoms with Crippen LogP contribution in [-0.4, -0.2) is 35.9 Å². The molecule has 4 rings (SSSR count). The van der Waals surface area contributed by atoms with E-state index in [-0.39, 0.29) is 11.3 Å². The summed E-state index contributed by atoms with van der Waals surface area (Å²) in [6, 6.07) is 18.6. The summed E-state index contributed by atoms with van der Waals surface area (Å²) in [5, 5.41) is 6.26. The molecule has 0 bridgehead atoms. The fraction of sp³-hybridized carbons (Fsp3) is 0.154. The summed E-state index contributed by atoms with van der Waals surface area (Å²) in [7, 11) is 0. The number of para-hydroxylation sites is 1. The first-order valence-corrected chi connectivity index (χ1v) is 12.0. The molecule has 3 aromatic carbocycles. The van der Waals surface area contributed by atoms with E-state index in [1.807, 2.05) is 18.2 Å². The molecular weight excluding hydrogens is 493 g/mol. The Labute approximate surface area is 211 Å². The van der Waals surface area contributed by atoms with Gasteiger partial charge in [0.25, 0.3) is 0 Å². The zero-order valence-corrected chi connectivity index (χ0v) is 20.1. The largest absolute Gasteiger partial charge is 0.369 e. The lowest BCUT2D eigenvalue weighted by Gasteiger charge is -2.23. The van der Waals surface area contributed by atoms with Crippen LogP contribution >= 0.6 is 23.2 Å². The maximum atomic E-state index is 14.4. The second-order valence-electron chi connectivity index (χ2n) is 7.69. The van der Waals surface area contributed by atoms with E-state index >= 15 is 0 Å². The second kappa shape index (κ2) is 11.3. The Morgan fingerprint density at radius 2 is 1.60 bits per heavy atom. The average Bonchev–Trinajstić information content (AvgIpc) is 2.86. The molecule has 5 nitrogen and oxygen atoms in total. The molecule has 0 aliphatic rings. The number of nitrogens with zero attached hydrogens (tertiary/aromatic N) is 2. The molecule has 0 atom stereocenters. The summed E-state index contributed by atoms with van der Waals surface area (Å²) in [5.41, 5.74) is 2.69. The van der Waals surface area contributed by atoms with Gasteiger partial charge in [-0.15, -0.1) is 23.2 Å². The van der Waals surface area contributed by atoms with E-state index in [0.717, 1.165) is 23.9 Å². The Bertz CT molecular complexity index is 1330. The molecule has 0 aliphatic carbocycles. The van der Waals surface area contributed by atoms with Crippen molar-refractivity contribution in [3.63, 3.8) is 0 Å². The number of hydrogen-bond acceptors (Lipinski definition) is 3. The number of halogens is 4. The molecule has 0 saturated heterocycles. The van der Waals surface area contributed by atoms with Crippen molar-refractivity contribution in [1.82, 2.24) is 4.98 Å². The SMILES string of the molecule is O=C(Nc1ccc(N(CCCl)CCCl)cc1)Nc1cc(-c2cc(F)ccc2F)nc2ccccc12. The normalized spacial score (nSPS) is 10.9. The third-order valence-corrected chi connectivity index (χ3v) is 5.71. The van der Waals surface area contributed by atoms with Crippen molar-refractivity contribution in [1.29, 1.82) is 0 Å². The second-order valence-corrected chi connectivity index (χ2v) is 8.44. The molecule has 4 aromatic rings. The van der Waals surface area contributed by atoms with Gasteiger partial charge in [0.05, 0.1) is 16.9 Å². The van der Waals surface area contributed by atoms with Crippen molar-refractivity contribution in [2.75, 3.05) is 40.4 Å². The van der Waals surface area contributed by atoms with E-state index in [0.29, 0.717) is 47.1 Å². The first-order valence-electron chi connectivity index (χ1n) is 10.9. The highest BCUT2D eigenvalue weighted by molar-refractivity contribution is 6.18. The minimum absolute atomic E-state index is 0.00764. The maximum Gasteiger partial charge on any atom is 0.323 e. The summed E-state index contributed by atoms with van der Waals surface area (Å²) in [6.45, 7) is 1.32. The fourth-order valence-electron chi connectivity index (χ4n) is 3.72. The van der Waals surface area contributed by atoms with Crippen LogP contribution in [0, 0.1) is 11.6 Å². The number of fused-ring (bicyclic) bond motifs is 1. The summed E-state index contributed by atoms with van der Waals surface area (Å²) < 4.78 is 28.2. The van der Waals surface area contributed by atoms with E-state index < -0.39 is 17.7 Å². The van der Waals surface area contributed by atoms with Crippen molar-refractivity contribution in [3.05, 3.63) is 84.4 Å². The van der Waals surface area contributed by atoms with Crippen LogP contribution in [0.15, 0.2) is 72.8 Å². The van der Waals surface area contributed by atoms with E-state index in [1.54, 1.807) is 30.3 Å². The van der Waals surface area contributed by atoms with Gasteiger partial charge >= 0.3 is 6.03 Å². The molecule has 0 spiro atoms. The third kappa shape index (κ3) is 5.99. The third-order valence-electron chi connectivity index (χ3n) is 5.37. The number of hydrogen-bond donors (Lipinski definition) is 2. The van der Waals surface area contributed by atoms with Gasteiger partial charge in [-0.25, -0.2) is 18.6 Å². The van der Waals surface area contributed by atoms with Gasteiger partial charge < -0.3 is 15.5 Å². The predicted molar refractivity (Wildman–Crippen MR) is 140 cm³/mol. The Balaban J connectivity index is 1.57. The van der Waals surface area contributed by atoms with Gasteiger partial charge in [-0.2, -0.15) is 0 Å². The molecular formula is C26H22Cl2F2N4O. The van der Waals surface area contributed by atoms with Crippen molar-refractivity contribution >= 4 is 57.2 Å². The number of anilines is 3. The molecule has 180 valence electrons. The van der Waals surface area contributed by atoms with Crippen molar-refractivity contribution in [2.45, 2.75) is 0 Å². The number of urea groups is 1. The van der Waals surface area contributed by atoms with Crippen LogP contribution < -0.4 is 15.5 Å². The van der Waals surface area contributed by atoms with Crippen molar-refractivity contribution < 1.29 is 13.6 Å². The quantitative estimate of drug-likeness (QED) is 0.246. The number of pyridine rings is 1. The maximum absolute atomic E-state index is 14.4. The molecule has 2 amide bonds. The van der Waals surface area contributed by atoms with Crippen molar-refractivity contribution in [3.8, 4) is 11.3 Å². The number of carbonyl (C=O) groups excluding carboxylic acids is 1. The number of aromatic nitrogens is 1. The zero-order valence-electron chi connectivity index (χ0n) is 18.6. The number of nitrogens with one attached hydrogen (secondary N) is 2. The molecule has 35 heavy (non-hydrogen) atoms. The van der Waals surface area contributed by atoms with Crippen LogP contribution in [0.5, 0.6) is 0 Å². The summed E-state index contributed by atoms with van der Waals surface area (Å²) in [5.74, 6) is -0.244. The molecule has 0 unspecified atom stereocenters. The van der Waals surface area contributed by atoms with Gasteiger partial charge in [-0.05, 0) is 54.6 Å². The Morgan fingerprint density at radius 1 is 0.886 bits per heavy atom. The average molecular weight is 515 g/mol. The molecule has 0 saturated carbocycles. The van der Waals surface area contributed by atoms with Gasteiger partial charge in [-0.1, -0.05) is 18.2 Å². The molecule has 0 radical (unpaired) electrons. The smallest absolute Gasteiger partial charge is 0.323 e. The number of alkyl halides is 2. The van der Waals surface area contributed by atoms with E-state index in [9.17, 15) is 13.6 Å². The standard InChI is InChI=1S/C26H22Cl2F2N4O/c27-11-13-34(14-12-28)19-8-6-18(7-9-19)31-26(35)33-24-16-25(21-15-17(29)5-10-22(21)30)32-23-4-2-1-3-20(23)24/h1-10,15-16H,11-14H2,(H2,31,32,33,35). The molecule has 1 heterocycles. The van der Waals surface area contributed by atoms with Crippen LogP contribution in [0.2, 0.25) is 0 Å². The monoisotopic (exact) mass is 514 g/mol. The highest BCUT2D eigenvalue weighted by Gasteiger charge is 2.14. The lowest BCUT2D eigenvalue weighted by molar-refractivity contribution is 0.262. The summed E-state index contributed by atoms with van der Waals surface area (Å²) >= 11 is 11.7. The first kappa shape index (κ1) is 24.7. The van der Waals surface area contributed by atoms with E-state index in [4.69, 9.17) is 23.2 Å². The first-order chi connectivity index (χ1) is 17.0. The van der Waals surface area contributed by atoms with Crippen LogP contribution in [0.1, 0.15) is 0 Å². The number of carbonyl (C=O) groups is 1. The number of rotatable bonds is 8. The fourth-order valence-corrected chi connectivity index (χ4v) is 4.13. The Kier molecular flexibility index (Phi) is 8.00. The lowest BCUT2D eigenvalue weighted by Crippen LogP contribution is -2.27. The predicted octanol–water partition coefficient (Wildman–Crippen LogP) is 7.11. The molecule has 1 aromatic heterocycles. The Hall–Kier alpha value is -3.42. The van der Waals surface area contributed by atoms with Gasteiger partial charge in [0.2, 0.25) is 0 Å². The minimum atomic E-state index is -0.609. The van der Waals surface area contributed by atoms with Crippen molar-refractivity contribution in [2.24, 2.45) is 0 Å². The molecule has 0 aliphatic heterocycles. The molecule has 9 heteroatoms. The highest BCUT2D eigenvalue weighted by Crippen LogP contribution is 2.30. The van der Waals surface area contributed by atoms with Gasteiger partial charge in [0, 0.05) is 47.2 Å². The lowest BCUT2D eigenvalue weighted by atomic mass is 10.1. The summed E-state index contributed by atoms with van der Waals surface area (Å²) in [4.78, 5) is 19.3. The van der Waals surface area contributed by atoms with Crippen LogP contribution in [-0.2, 0) is 0 Å². The number of benzene rings is 3. The van der Waals surface area contributed by atoms with Crippen LogP contribution in [0.3, 0.4) is 0 Å². The zero-order chi connectivity index (χ0) is 24.8. The van der Waals surface area contributed by atoms with E-state index in [1.165, 1.54) is 6.07 Å². The van der Waals surface area contributed by atoms with Crippen LogP contribution in [0.25, 0.3) is 22.2 Å². The minimum Gasteiger partial charge on any atom is -0.369 e.